The molecular weight excluding hydrogens is 396 g/mol. The van der Waals surface area contributed by atoms with Crippen LogP contribution < -0.4 is 10.1 Å². The summed E-state index contributed by atoms with van der Waals surface area (Å²) in [5, 5.41) is 3.28. The van der Waals surface area contributed by atoms with Gasteiger partial charge in [0, 0.05) is 25.7 Å². The molecule has 1 aromatic carbocycles. The molecule has 0 aliphatic carbocycles. The van der Waals surface area contributed by atoms with Gasteiger partial charge >= 0.3 is 6.03 Å². The van der Waals surface area contributed by atoms with Crippen molar-refractivity contribution in [3.8, 4) is 5.75 Å². The van der Waals surface area contributed by atoms with Crippen molar-refractivity contribution in [2.45, 2.75) is 25.9 Å². The molecule has 1 fully saturated rings. The quantitative estimate of drug-likeness (QED) is 0.765. The highest BCUT2D eigenvalue weighted by atomic mass is 35.5. The van der Waals surface area contributed by atoms with E-state index >= 15 is 0 Å². The molecule has 0 saturated carbocycles. The lowest BCUT2D eigenvalue weighted by Gasteiger charge is -2.43. The van der Waals surface area contributed by atoms with Crippen LogP contribution >= 0.6 is 11.6 Å². The van der Waals surface area contributed by atoms with Crippen molar-refractivity contribution < 1.29 is 19.1 Å². The van der Waals surface area contributed by atoms with Crippen molar-refractivity contribution in [2.24, 2.45) is 5.92 Å². The minimum absolute atomic E-state index is 0.317. The van der Waals surface area contributed by atoms with Gasteiger partial charge in [-0.1, -0.05) is 24.9 Å². The first kappa shape index (κ1) is 21.0. The second kappa shape index (κ2) is 8.32. The summed E-state index contributed by atoms with van der Waals surface area (Å²) in [6.07, 6.45) is 2.87. The average molecular weight is 421 g/mol. The lowest BCUT2D eigenvalue weighted by atomic mass is 10.0. The van der Waals surface area contributed by atoms with Crippen LogP contribution in [0.5, 0.6) is 5.75 Å². The molecule has 2 aliphatic rings. The number of urea groups is 1. The molecule has 0 bridgehead atoms. The third-order valence-corrected chi connectivity index (χ3v) is 5.52. The van der Waals surface area contributed by atoms with Gasteiger partial charge in [-0.05, 0) is 30.7 Å². The molecule has 1 aromatic rings. The van der Waals surface area contributed by atoms with E-state index in [2.05, 4.69) is 5.32 Å². The summed E-state index contributed by atoms with van der Waals surface area (Å²) in [4.78, 5) is 42.7. The van der Waals surface area contributed by atoms with Crippen LogP contribution in [0.15, 0.2) is 30.0 Å². The number of unbranched alkanes of at least 4 members (excludes halogenated alkanes) is 1. The molecule has 1 N–H and O–H groups in total. The third-order valence-electron chi connectivity index (χ3n) is 5.28. The van der Waals surface area contributed by atoms with Crippen molar-refractivity contribution in [3.05, 3.63) is 35.0 Å². The molecular formula is C20H25ClN4O4. The number of halogens is 1. The first-order valence-electron chi connectivity index (χ1n) is 9.47. The summed E-state index contributed by atoms with van der Waals surface area (Å²) in [7, 11) is 4.61. The summed E-state index contributed by atoms with van der Waals surface area (Å²) >= 11 is 6.06. The molecule has 2 atom stereocenters. The van der Waals surface area contributed by atoms with E-state index in [1.165, 1.54) is 19.1 Å². The summed E-state index contributed by atoms with van der Waals surface area (Å²) < 4.78 is 5.29. The number of ether oxygens (including phenoxy) is 1. The van der Waals surface area contributed by atoms with Gasteiger partial charge in [0.2, 0.25) is 5.91 Å². The van der Waals surface area contributed by atoms with Crippen LogP contribution in [-0.4, -0.2) is 66.5 Å². The maximum atomic E-state index is 13.1. The van der Waals surface area contributed by atoms with E-state index in [0.29, 0.717) is 28.7 Å². The van der Waals surface area contributed by atoms with E-state index in [0.717, 1.165) is 17.7 Å². The fraction of sp³-hybridized carbons (Fsp3) is 0.450. The smallest absolute Gasteiger partial charge is 0.327 e. The second-order valence-corrected chi connectivity index (χ2v) is 7.56. The van der Waals surface area contributed by atoms with Crippen molar-refractivity contribution in [1.82, 2.24) is 14.7 Å². The van der Waals surface area contributed by atoms with Gasteiger partial charge in [0.15, 0.2) is 0 Å². The van der Waals surface area contributed by atoms with Gasteiger partial charge in [-0.2, -0.15) is 0 Å². The second-order valence-electron chi connectivity index (χ2n) is 7.13. The maximum absolute atomic E-state index is 13.1. The normalized spacial score (nSPS) is 21.3. The highest BCUT2D eigenvalue weighted by Gasteiger charge is 2.50. The summed E-state index contributed by atoms with van der Waals surface area (Å²) in [5.41, 5.74) is 0.794. The Hall–Kier alpha value is -2.74. The Morgan fingerprint density at radius 3 is 2.66 bits per heavy atom. The van der Waals surface area contributed by atoms with Crippen molar-refractivity contribution in [2.75, 3.05) is 33.1 Å². The first-order chi connectivity index (χ1) is 13.8. The number of nitrogens with zero attached hydrogens (tertiary/aromatic N) is 3. The Balaban J connectivity index is 1.93. The molecule has 1 saturated heterocycles. The molecule has 3 rings (SSSR count). The predicted molar refractivity (Wildman–Crippen MR) is 110 cm³/mol. The average Bonchev–Trinajstić information content (AvgIpc) is 3.09. The number of carbonyl (C=O) groups is 3. The number of carbonyl (C=O) groups excluding carboxylic acids is 3. The number of hydrogen-bond donors (Lipinski definition) is 1. The number of fused-ring (bicyclic) bond motifs is 1. The number of methoxy groups -OCH3 is 1. The van der Waals surface area contributed by atoms with Crippen molar-refractivity contribution in [1.29, 1.82) is 0 Å². The number of anilines is 1. The number of rotatable bonds is 6. The zero-order chi connectivity index (χ0) is 21.3. The largest absolute Gasteiger partial charge is 0.495 e. The Labute approximate surface area is 175 Å². The van der Waals surface area contributed by atoms with Crippen LogP contribution in [0.3, 0.4) is 0 Å². The number of nitrogens with one attached hydrogen (secondary N) is 1. The summed E-state index contributed by atoms with van der Waals surface area (Å²) in [6, 6.07) is 4.55. The number of amides is 4. The highest BCUT2D eigenvalue weighted by Crippen LogP contribution is 2.36. The monoisotopic (exact) mass is 420 g/mol. The van der Waals surface area contributed by atoms with Gasteiger partial charge in [0.1, 0.15) is 17.6 Å². The number of benzene rings is 1. The van der Waals surface area contributed by atoms with Gasteiger partial charge in [-0.25, -0.2) is 4.79 Å². The van der Waals surface area contributed by atoms with Crippen molar-refractivity contribution >= 4 is 35.1 Å². The van der Waals surface area contributed by atoms with Crippen LogP contribution in [0.2, 0.25) is 5.02 Å². The maximum Gasteiger partial charge on any atom is 0.327 e. The SMILES string of the molecule is CCCCN1C(C(=O)Nc2cc(Cl)ccc2OC)=CC2C(=O)N(C)C(=O)N(C)C21. The van der Waals surface area contributed by atoms with E-state index in [-0.39, 0.29) is 17.8 Å². The zero-order valence-electron chi connectivity index (χ0n) is 16.9. The van der Waals surface area contributed by atoms with Crippen LogP contribution in [0.1, 0.15) is 19.8 Å². The number of hydrogen-bond acceptors (Lipinski definition) is 5. The molecule has 2 heterocycles. The van der Waals surface area contributed by atoms with E-state index in [1.54, 1.807) is 31.3 Å². The Morgan fingerprint density at radius 2 is 2.00 bits per heavy atom. The van der Waals surface area contributed by atoms with Gasteiger partial charge in [-0.3, -0.25) is 14.5 Å². The van der Waals surface area contributed by atoms with Crippen LogP contribution in [0.4, 0.5) is 10.5 Å². The topological polar surface area (TPSA) is 82.2 Å². The minimum Gasteiger partial charge on any atom is -0.495 e. The van der Waals surface area contributed by atoms with Gasteiger partial charge in [0.05, 0.1) is 18.7 Å². The molecule has 4 amide bonds. The fourth-order valence-corrected chi connectivity index (χ4v) is 3.93. The standard InChI is InChI=1S/C20H25ClN4O4/c1-5-6-9-25-15(11-13-18(25)23(2)20(28)24(3)19(13)27)17(26)22-14-10-12(21)7-8-16(14)29-4/h7-8,10-11,13,18H,5-6,9H2,1-4H3,(H,22,26). The van der Waals surface area contributed by atoms with Crippen LogP contribution in [0.25, 0.3) is 0 Å². The molecule has 8 nitrogen and oxygen atoms in total. The highest BCUT2D eigenvalue weighted by molar-refractivity contribution is 6.31. The lowest BCUT2D eigenvalue weighted by molar-refractivity contribution is -0.137. The lowest BCUT2D eigenvalue weighted by Crippen LogP contribution is -2.62. The predicted octanol–water partition coefficient (Wildman–Crippen LogP) is 2.75. The fourth-order valence-electron chi connectivity index (χ4n) is 3.76. The Bertz CT molecular complexity index is 872. The van der Waals surface area contributed by atoms with E-state index in [9.17, 15) is 14.4 Å². The molecule has 0 aromatic heterocycles. The molecule has 0 radical (unpaired) electrons. The van der Waals surface area contributed by atoms with Gasteiger partial charge in [0.25, 0.3) is 5.91 Å². The Kier molecular flexibility index (Phi) is 6.02. The van der Waals surface area contributed by atoms with E-state index in [1.807, 2.05) is 11.8 Å². The number of imide groups is 1. The van der Waals surface area contributed by atoms with Gasteiger partial charge < -0.3 is 19.9 Å². The summed E-state index contributed by atoms with van der Waals surface area (Å²) in [6.45, 7) is 2.60. The van der Waals surface area contributed by atoms with Crippen molar-refractivity contribution in [3.63, 3.8) is 0 Å². The Morgan fingerprint density at radius 1 is 1.28 bits per heavy atom. The molecule has 0 spiro atoms. The van der Waals surface area contributed by atoms with Crippen LogP contribution in [-0.2, 0) is 9.59 Å². The molecule has 9 heteroatoms. The van der Waals surface area contributed by atoms with E-state index < -0.39 is 12.1 Å². The molecule has 2 unspecified atom stereocenters. The summed E-state index contributed by atoms with van der Waals surface area (Å²) in [5.74, 6) is -0.821. The first-order valence-corrected chi connectivity index (χ1v) is 9.85. The van der Waals surface area contributed by atoms with Crippen LogP contribution in [0, 0.1) is 5.92 Å². The minimum atomic E-state index is -0.596. The molecule has 156 valence electrons. The molecule has 2 aliphatic heterocycles. The van der Waals surface area contributed by atoms with E-state index in [4.69, 9.17) is 16.3 Å². The molecule has 29 heavy (non-hydrogen) atoms. The van der Waals surface area contributed by atoms with Gasteiger partial charge in [-0.15, -0.1) is 0 Å². The third kappa shape index (κ3) is 3.76. The zero-order valence-corrected chi connectivity index (χ0v) is 17.7.